The number of benzene rings is 2. The van der Waals surface area contributed by atoms with Gasteiger partial charge in [0.15, 0.2) is 11.6 Å². The molecule has 20 nitrogen and oxygen atoms in total. The fourth-order valence-corrected chi connectivity index (χ4v) is 9.16. The molecule has 2 fully saturated rings. The number of carbonyl (C=O) groups is 4. The summed E-state index contributed by atoms with van der Waals surface area (Å²) in [6, 6.07) is 9.67. The number of ether oxygens (including phenoxy) is 6. The predicted octanol–water partition coefficient (Wildman–Crippen LogP) is 1.45. The van der Waals surface area contributed by atoms with Crippen LogP contribution in [0.15, 0.2) is 36.4 Å². The molecule has 396 valence electrons. The summed E-state index contributed by atoms with van der Waals surface area (Å²) in [5.74, 6) is 1.06. The van der Waals surface area contributed by atoms with Gasteiger partial charge in [0.2, 0.25) is 20.0 Å². The number of nitrogens with zero attached hydrogens (tertiary/aromatic N) is 1. The normalized spacial score (nSPS) is 17.3. The van der Waals surface area contributed by atoms with Gasteiger partial charge in [-0.15, -0.1) is 0 Å². The number of alkyl halides is 1. The summed E-state index contributed by atoms with van der Waals surface area (Å²) < 4.78 is 83.6. The number of ketones is 2. The van der Waals surface area contributed by atoms with E-state index in [-0.39, 0.29) is 36.0 Å². The molecule has 4 aliphatic heterocycles. The number of Topliss-reactive ketones (excluding diaryl/α,β-unsaturated/α-hetero) is 2. The smallest absolute Gasteiger partial charge is 0.407 e. The van der Waals surface area contributed by atoms with Crippen LogP contribution in [0.4, 0.5) is 21.0 Å². The number of carbonyl (C=O) groups excluding carboxylic acids is 4. The van der Waals surface area contributed by atoms with E-state index in [2.05, 4.69) is 46.2 Å². The Morgan fingerprint density at radius 2 is 1.10 bits per heavy atom. The van der Waals surface area contributed by atoms with Crippen molar-refractivity contribution >= 4 is 71.1 Å². The van der Waals surface area contributed by atoms with Crippen molar-refractivity contribution < 1.29 is 82.2 Å². The largest absolute Gasteiger partial charge is 1.00 e. The third-order valence-electron chi connectivity index (χ3n) is 10.8. The van der Waals surface area contributed by atoms with Crippen molar-refractivity contribution in [2.45, 2.75) is 102 Å². The number of nitrogens with one attached hydrogen (secondary N) is 4. The van der Waals surface area contributed by atoms with E-state index >= 15 is 0 Å². The van der Waals surface area contributed by atoms with Crippen LogP contribution in [0.2, 0.25) is 0 Å². The summed E-state index contributed by atoms with van der Waals surface area (Å²) in [7, 11) is -6.77. The van der Waals surface area contributed by atoms with Crippen LogP contribution in [0, 0.1) is 0 Å². The number of hydrogen-bond donors (Lipinski definition) is 5. The van der Waals surface area contributed by atoms with Gasteiger partial charge in [0.1, 0.15) is 33.9 Å². The number of piperidine rings is 2. The second-order valence-electron chi connectivity index (χ2n) is 19.4. The maximum atomic E-state index is 12.8. The van der Waals surface area contributed by atoms with E-state index < -0.39 is 49.0 Å². The van der Waals surface area contributed by atoms with Crippen LogP contribution in [0.1, 0.15) is 101 Å². The molecule has 24 heteroatoms. The number of anilines is 2. The number of likely N-dealkylation sites (tertiary alicyclic amines) is 1. The summed E-state index contributed by atoms with van der Waals surface area (Å²) in [6.07, 6.45) is 5.12. The number of halogens is 2. The molecule has 0 atom stereocenters. The molecule has 2 saturated heterocycles. The first kappa shape index (κ1) is 60.3. The number of quaternary nitrogens is 1. The van der Waals surface area contributed by atoms with E-state index in [9.17, 15) is 36.0 Å². The molecule has 2 spiro atoms. The highest BCUT2D eigenvalue weighted by atomic mass is 79.9. The lowest BCUT2D eigenvalue weighted by molar-refractivity contribution is -0.667. The number of rotatable bonds is 15. The lowest BCUT2D eigenvalue weighted by Gasteiger charge is -2.44. The molecule has 4 heterocycles. The second kappa shape index (κ2) is 26.6. The summed E-state index contributed by atoms with van der Waals surface area (Å²) in [6.45, 7) is 18.2. The Morgan fingerprint density at radius 1 is 0.686 bits per heavy atom. The number of amides is 2. The van der Waals surface area contributed by atoms with Gasteiger partial charge in [0.05, 0.1) is 76.0 Å². The average molecular weight is 1110 g/mol. The van der Waals surface area contributed by atoms with Crippen LogP contribution in [-0.4, -0.2) is 158 Å². The quantitative estimate of drug-likeness (QED) is 0.125. The number of hydrogen-bond acceptors (Lipinski definition) is 15. The molecule has 0 unspecified atom stereocenters. The zero-order valence-corrected chi connectivity index (χ0v) is 45.5. The molecule has 6 N–H and O–H groups in total. The Balaban J connectivity index is 0.000000306. The molecular formula is C46H72BrClN6O14S2. The van der Waals surface area contributed by atoms with Gasteiger partial charge in [-0.2, -0.15) is 0 Å². The van der Waals surface area contributed by atoms with E-state index in [1.807, 2.05) is 41.5 Å². The highest BCUT2D eigenvalue weighted by molar-refractivity contribution is 9.09. The van der Waals surface area contributed by atoms with Crippen molar-refractivity contribution in [2.24, 2.45) is 0 Å². The number of fused-ring (bicyclic) bond motifs is 2. The first-order valence-corrected chi connectivity index (χ1v) is 27.9. The van der Waals surface area contributed by atoms with Crippen LogP contribution in [0.3, 0.4) is 0 Å². The maximum Gasteiger partial charge on any atom is 0.407 e. The van der Waals surface area contributed by atoms with E-state index in [1.165, 1.54) is 6.07 Å². The molecule has 6 rings (SSSR count). The Kier molecular flexibility index (Phi) is 23.0. The van der Waals surface area contributed by atoms with Crippen LogP contribution < -0.4 is 47.3 Å². The zero-order chi connectivity index (χ0) is 51.1. The Labute approximate surface area is 427 Å². The van der Waals surface area contributed by atoms with Gasteiger partial charge >= 0.3 is 12.2 Å². The van der Waals surface area contributed by atoms with Crippen molar-refractivity contribution in [3.8, 4) is 11.5 Å². The molecule has 2 aromatic rings. The summed E-state index contributed by atoms with van der Waals surface area (Å²) in [5, 5.41) is 8.29. The molecule has 0 saturated carbocycles. The lowest BCUT2D eigenvalue weighted by atomic mass is 9.82. The van der Waals surface area contributed by atoms with Gasteiger partial charge in [0.25, 0.3) is 0 Å². The highest BCUT2D eigenvalue weighted by Gasteiger charge is 2.44. The summed E-state index contributed by atoms with van der Waals surface area (Å²) in [5.41, 5.74) is -0.245. The van der Waals surface area contributed by atoms with Gasteiger partial charge in [0, 0.05) is 75.1 Å². The molecule has 0 aliphatic carbocycles. The monoisotopic (exact) mass is 1110 g/mol. The Bertz CT molecular complexity index is 2300. The molecule has 4 aliphatic rings. The minimum atomic E-state index is -3.42. The van der Waals surface area contributed by atoms with Crippen molar-refractivity contribution in [1.82, 2.24) is 15.5 Å². The number of alkyl carbamates (subject to hydrolysis) is 2. The zero-order valence-electron chi connectivity index (χ0n) is 41.5. The van der Waals surface area contributed by atoms with E-state index in [4.69, 9.17) is 28.4 Å². The molecule has 0 radical (unpaired) electrons. The van der Waals surface area contributed by atoms with Gasteiger partial charge < -0.3 is 61.7 Å². The van der Waals surface area contributed by atoms with Gasteiger partial charge in [-0.25, -0.2) is 26.4 Å². The molecular weight excluding hydrogens is 1040 g/mol. The van der Waals surface area contributed by atoms with E-state index in [0.29, 0.717) is 79.9 Å². The second-order valence-corrected chi connectivity index (χ2v) is 23.7. The molecule has 70 heavy (non-hydrogen) atoms. The lowest BCUT2D eigenvalue weighted by Crippen LogP contribution is -3.00. The standard InChI is InChI=1S/C23H35N3O7S.C14H18N2O4S.C9H18BrNO3.ClH/c1-22(2,3)33-21(28)24-9-13-31-14-12-26-10-7-23(8-11-26)16-19(27)18-15-17(25-34(4,29)30)5-6-20(18)32-23;1-21(18,19)16-10-2-3-13-11(8-10)12(17)9-14(20-13)4-6-15-7-5-14;1-9(2,3)14-8(12)11-5-7-13-6-4-10;/h5-6,15,25H,7-14,16H2,1-4H3,(H,24,28);2-3,8,15-16H,4-7,9H2,1H3;4-7H2,1-3H3,(H,11,12);1H. The van der Waals surface area contributed by atoms with E-state index in [1.54, 1.807) is 30.3 Å². The summed E-state index contributed by atoms with van der Waals surface area (Å²) >= 11 is 3.23. The predicted molar refractivity (Wildman–Crippen MR) is 265 cm³/mol. The third-order valence-corrected chi connectivity index (χ3v) is 12.3. The molecule has 2 amide bonds. The third kappa shape index (κ3) is 21.8. The molecule has 2 aromatic carbocycles. The summed E-state index contributed by atoms with van der Waals surface area (Å²) in [4.78, 5) is 50.2. The number of nitrogens with two attached hydrogens (primary N) is 1. The Hall–Kier alpha value is -3.97. The molecule has 0 aromatic heterocycles. The first-order chi connectivity index (χ1) is 32.2. The van der Waals surface area contributed by atoms with Crippen molar-refractivity contribution in [1.29, 1.82) is 0 Å². The van der Waals surface area contributed by atoms with E-state index in [0.717, 1.165) is 76.2 Å². The molecule has 0 bridgehead atoms. The average Bonchev–Trinajstić information content (AvgIpc) is 3.22. The van der Waals surface area contributed by atoms with Crippen molar-refractivity contribution in [3.05, 3.63) is 47.5 Å². The highest BCUT2D eigenvalue weighted by Crippen LogP contribution is 2.41. The van der Waals surface area contributed by atoms with Crippen LogP contribution in [-0.2, 0) is 39.0 Å². The topological polar surface area (TPSA) is 260 Å². The van der Waals surface area contributed by atoms with Crippen LogP contribution >= 0.6 is 15.9 Å². The maximum absolute atomic E-state index is 12.8. The fourth-order valence-electron chi connectivity index (χ4n) is 7.82. The SMILES string of the molecule is CC(C)(C)OC(=O)NCCOCCBr.CC(C)(C)OC(=O)NCCOCCN1CCC2(CC1)CC(=O)c1cc(NS(C)(=O)=O)ccc1O2.CS(=O)(=O)Nc1ccc2c(c1)C(=O)CC1(CC[NH2+]CC1)O2.[Cl-]. The van der Waals surface area contributed by atoms with Gasteiger partial charge in [-0.3, -0.25) is 19.0 Å². The fraction of sp³-hybridized carbons (Fsp3) is 0.652. The van der Waals surface area contributed by atoms with Gasteiger partial charge in [-0.05, 0) is 77.9 Å². The number of sulfonamides is 2. The first-order valence-electron chi connectivity index (χ1n) is 23.0. The Morgan fingerprint density at radius 3 is 1.50 bits per heavy atom. The van der Waals surface area contributed by atoms with Crippen molar-refractivity contribution in [2.75, 3.05) is 99.5 Å². The minimum Gasteiger partial charge on any atom is -1.00 e. The minimum absolute atomic E-state index is 0. The van der Waals surface area contributed by atoms with Crippen molar-refractivity contribution in [3.63, 3.8) is 0 Å². The van der Waals surface area contributed by atoms with Crippen LogP contribution in [0.5, 0.6) is 11.5 Å². The van der Waals surface area contributed by atoms with Crippen LogP contribution in [0.25, 0.3) is 0 Å². The van der Waals surface area contributed by atoms with Gasteiger partial charge in [-0.1, -0.05) is 15.9 Å².